The van der Waals surface area contributed by atoms with E-state index in [9.17, 15) is 10.1 Å². The highest BCUT2D eigenvalue weighted by Crippen LogP contribution is 2.23. The fraction of sp³-hybridized carbons (Fsp3) is 0.200. The molecule has 2 aromatic rings. The lowest BCUT2D eigenvalue weighted by Gasteiger charge is -2.15. The Labute approximate surface area is 125 Å². The van der Waals surface area contributed by atoms with E-state index in [-0.39, 0.29) is 11.6 Å². The number of benzene rings is 2. The molecule has 20 heavy (non-hydrogen) atoms. The van der Waals surface area contributed by atoms with Crippen LogP contribution >= 0.6 is 15.9 Å². The van der Waals surface area contributed by atoms with Crippen molar-refractivity contribution in [2.75, 3.05) is 11.9 Å². The van der Waals surface area contributed by atoms with Gasteiger partial charge in [-0.25, -0.2) is 0 Å². The van der Waals surface area contributed by atoms with Crippen molar-refractivity contribution in [3.05, 3.63) is 70.3 Å². The maximum absolute atomic E-state index is 10.7. The minimum atomic E-state index is -0.425. The van der Waals surface area contributed by atoms with Gasteiger partial charge in [0, 0.05) is 17.3 Å². The first-order valence-corrected chi connectivity index (χ1v) is 7.31. The van der Waals surface area contributed by atoms with Gasteiger partial charge in [0.2, 0.25) is 0 Å². The molecular formula is C15H14BrNO3. The van der Waals surface area contributed by atoms with E-state index in [1.807, 2.05) is 30.3 Å². The number of nitro groups is 1. The van der Waals surface area contributed by atoms with Crippen LogP contribution in [-0.4, -0.2) is 16.9 Å². The molecule has 0 N–H and O–H groups in total. The normalized spacial score (nSPS) is 11.8. The summed E-state index contributed by atoms with van der Waals surface area (Å²) in [4.78, 5) is 10.3. The minimum Gasteiger partial charge on any atom is -0.493 e. The first kappa shape index (κ1) is 14.5. The third kappa shape index (κ3) is 3.81. The molecule has 0 heterocycles. The van der Waals surface area contributed by atoms with Crippen LogP contribution in [0.5, 0.6) is 5.75 Å². The summed E-state index contributed by atoms with van der Waals surface area (Å²) in [5.74, 6) is 0.719. The standard InChI is InChI=1S/C15H14BrNO3/c16-10-13(12-5-2-1-3-6-12)11-20-15-8-4-7-14(9-15)17(18)19/h1-9,13H,10-11H2. The Kier molecular flexibility index (Phi) is 5.12. The third-order valence-corrected chi connectivity index (χ3v) is 3.72. The zero-order valence-corrected chi connectivity index (χ0v) is 12.3. The molecule has 0 saturated carbocycles. The summed E-state index contributed by atoms with van der Waals surface area (Å²) < 4.78 is 5.67. The molecule has 0 aliphatic carbocycles. The highest BCUT2D eigenvalue weighted by atomic mass is 79.9. The number of hydrogen-bond acceptors (Lipinski definition) is 3. The van der Waals surface area contributed by atoms with Gasteiger partial charge >= 0.3 is 0 Å². The van der Waals surface area contributed by atoms with E-state index in [4.69, 9.17) is 4.74 Å². The van der Waals surface area contributed by atoms with Gasteiger partial charge in [-0.3, -0.25) is 10.1 Å². The molecule has 0 amide bonds. The van der Waals surface area contributed by atoms with Gasteiger partial charge in [0.05, 0.1) is 17.6 Å². The van der Waals surface area contributed by atoms with Crippen LogP contribution in [0.4, 0.5) is 5.69 Å². The van der Waals surface area contributed by atoms with Crippen LogP contribution in [0.2, 0.25) is 0 Å². The van der Waals surface area contributed by atoms with Crippen LogP contribution < -0.4 is 4.74 Å². The molecule has 0 saturated heterocycles. The predicted molar refractivity (Wildman–Crippen MR) is 81.6 cm³/mol. The molecule has 4 nitrogen and oxygen atoms in total. The van der Waals surface area contributed by atoms with Crippen molar-refractivity contribution >= 4 is 21.6 Å². The molecular weight excluding hydrogens is 322 g/mol. The first-order chi connectivity index (χ1) is 9.70. The molecule has 104 valence electrons. The van der Waals surface area contributed by atoms with Gasteiger partial charge in [0.15, 0.2) is 0 Å². The minimum absolute atomic E-state index is 0.0394. The van der Waals surface area contributed by atoms with Crippen LogP contribution in [-0.2, 0) is 0 Å². The Bertz CT molecular complexity index is 574. The zero-order valence-electron chi connectivity index (χ0n) is 10.7. The van der Waals surface area contributed by atoms with Crippen molar-refractivity contribution in [3.63, 3.8) is 0 Å². The van der Waals surface area contributed by atoms with Crippen molar-refractivity contribution in [1.82, 2.24) is 0 Å². The number of halogens is 1. The fourth-order valence-corrected chi connectivity index (χ4v) is 2.40. The maximum Gasteiger partial charge on any atom is 0.273 e. The topological polar surface area (TPSA) is 52.4 Å². The quantitative estimate of drug-likeness (QED) is 0.452. The SMILES string of the molecule is O=[N+]([O-])c1cccc(OCC(CBr)c2ccccc2)c1. The molecule has 1 atom stereocenters. The second-order valence-electron chi connectivity index (χ2n) is 4.33. The Morgan fingerprint density at radius 2 is 1.90 bits per heavy atom. The number of nitro benzene ring substituents is 1. The molecule has 5 heteroatoms. The van der Waals surface area contributed by atoms with E-state index in [0.717, 1.165) is 5.33 Å². The molecule has 1 unspecified atom stereocenters. The number of nitrogens with zero attached hydrogens (tertiary/aromatic N) is 1. The Balaban J connectivity index is 2.03. The summed E-state index contributed by atoms with van der Waals surface area (Å²) in [6.07, 6.45) is 0. The summed E-state index contributed by atoms with van der Waals surface area (Å²) in [6, 6.07) is 16.3. The summed E-state index contributed by atoms with van der Waals surface area (Å²) in [6.45, 7) is 0.469. The highest BCUT2D eigenvalue weighted by Gasteiger charge is 2.12. The Morgan fingerprint density at radius 3 is 2.55 bits per heavy atom. The van der Waals surface area contributed by atoms with E-state index in [1.54, 1.807) is 12.1 Å². The molecule has 0 aliphatic rings. The second-order valence-corrected chi connectivity index (χ2v) is 4.97. The molecule has 0 fully saturated rings. The van der Waals surface area contributed by atoms with Crippen LogP contribution in [0.25, 0.3) is 0 Å². The number of non-ortho nitro benzene ring substituents is 1. The van der Waals surface area contributed by atoms with Gasteiger partial charge in [-0.1, -0.05) is 52.3 Å². The molecule has 0 aromatic heterocycles. The average molecular weight is 336 g/mol. The zero-order chi connectivity index (χ0) is 14.4. The summed E-state index contributed by atoms with van der Waals surface area (Å²) in [7, 11) is 0. The summed E-state index contributed by atoms with van der Waals surface area (Å²) >= 11 is 3.48. The maximum atomic E-state index is 10.7. The van der Waals surface area contributed by atoms with Gasteiger partial charge in [-0.15, -0.1) is 0 Å². The van der Waals surface area contributed by atoms with Gasteiger partial charge in [0.25, 0.3) is 5.69 Å². The van der Waals surface area contributed by atoms with E-state index in [0.29, 0.717) is 12.4 Å². The molecule has 0 aliphatic heterocycles. The largest absolute Gasteiger partial charge is 0.493 e. The number of ether oxygens (including phenoxy) is 1. The van der Waals surface area contributed by atoms with Crippen LogP contribution in [0, 0.1) is 10.1 Å². The molecule has 2 rings (SSSR count). The molecule has 2 aromatic carbocycles. The van der Waals surface area contributed by atoms with E-state index in [1.165, 1.54) is 17.7 Å². The Hall–Kier alpha value is -1.88. The predicted octanol–water partition coefficient (Wildman–Crippen LogP) is 4.15. The summed E-state index contributed by atoms with van der Waals surface area (Å²) in [5.41, 5.74) is 1.22. The summed E-state index contributed by atoms with van der Waals surface area (Å²) in [5, 5.41) is 11.5. The van der Waals surface area contributed by atoms with Crippen molar-refractivity contribution in [1.29, 1.82) is 0 Å². The fourth-order valence-electron chi connectivity index (χ4n) is 1.84. The monoisotopic (exact) mass is 335 g/mol. The third-order valence-electron chi connectivity index (χ3n) is 2.94. The average Bonchev–Trinajstić information content (AvgIpc) is 2.49. The van der Waals surface area contributed by atoms with Gasteiger partial charge in [-0.05, 0) is 11.6 Å². The molecule has 0 bridgehead atoms. The lowest BCUT2D eigenvalue weighted by atomic mass is 10.0. The van der Waals surface area contributed by atoms with Crippen LogP contribution in [0.3, 0.4) is 0 Å². The van der Waals surface area contributed by atoms with Crippen LogP contribution in [0.15, 0.2) is 54.6 Å². The van der Waals surface area contributed by atoms with Gasteiger partial charge in [0.1, 0.15) is 5.75 Å². The molecule has 0 radical (unpaired) electrons. The van der Waals surface area contributed by atoms with Gasteiger partial charge in [-0.2, -0.15) is 0 Å². The van der Waals surface area contributed by atoms with E-state index >= 15 is 0 Å². The van der Waals surface area contributed by atoms with Crippen molar-refractivity contribution in [3.8, 4) is 5.75 Å². The van der Waals surface area contributed by atoms with E-state index < -0.39 is 4.92 Å². The second kappa shape index (κ2) is 7.05. The Morgan fingerprint density at radius 1 is 1.15 bits per heavy atom. The smallest absolute Gasteiger partial charge is 0.273 e. The van der Waals surface area contributed by atoms with Crippen molar-refractivity contribution in [2.45, 2.75) is 5.92 Å². The molecule has 0 spiro atoms. The van der Waals surface area contributed by atoms with Crippen molar-refractivity contribution in [2.24, 2.45) is 0 Å². The first-order valence-electron chi connectivity index (χ1n) is 6.19. The van der Waals surface area contributed by atoms with Crippen LogP contribution in [0.1, 0.15) is 11.5 Å². The van der Waals surface area contributed by atoms with E-state index in [2.05, 4.69) is 15.9 Å². The number of rotatable bonds is 6. The lowest BCUT2D eigenvalue weighted by molar-refractivity contribution is -0.384. The lowest BCUT2D eigenvalue weighted by Crippen LogP contribution is -2.11. The van der Waals surface area contributed by atoms with Crippen molar-refractivity contribution < 1.29 is 9.66 Å². The van der Waals surface area contributed by atoms with Gasteiger partial charge < -0.3 is 4.74 Å². The number of hydrogen-bond donors (Lipinski definition) is 0. The number of alkyl halides is 1. The highest BCUT2D eigenvalue weighted by molar-refractivity contribution is 9.09.